The smallest absolute Gasteiger partial charge is 0.408 e. The number of nitrogens with one attached hydrogen (secondary N) is 3. The fraction of sp³-hybridized carbons (Fsp3) is 0.526. The van der Waals surface area contributed by atoms with Crippen molar-refractivity contribution in [3.63, 3.8) is 0 Å². The van der Waals surface area contributed by atoms with E-state index in [-0.39, 0.29) is 19.4 Å². The first-order valence-electron chi connectivity index (χ1n) is 18.4. The Bertz CT molecular complexity index is 2080. The molecule has 0 spiro atoms. The molecule has 15 heteroatoms. The van der Waals surface area contributed by atoms with Crippen LogP contribution in [0.25, 0.3) is 21.8 Å². The molecule has 1 saturated heterocycles. The summed E-state index contributed by atoms with van der Waals surface area (Å²) in [6.07, 6.45) is 8.40. The predicted molar refractivity (Wildman–Crippen MR) is 196 cm³/mol. The number of nitrogens with zero attached hydrogens (tertiary/aromatic N) is 3. The summed E-state index contributed by atoms with van der Waals surface area (Å²) in [6.45, 7) is 5.18. The molecule has 2 aromatic heterocycles. The molecule has 14 nitrogen and oxygen atoms in total. The van der Waals surface area contributed by atoms with E-state index in [4.69, 9.17) is 14.5 Å². The highest BCUT2D eigenvalue weighted by Gasteiger charge is 2.62. The van der Waals surface area contributed by atoms with Gasteiger partial charge < -0.3 is 25.0 Å². The number of alkyl carbamates (subject to hydrolysis) is 1. The van der Waals surface area contributed by atoms with Crippen LogP contribution < -0.4 is 20.1 Å². The molecule has 3 fully saturated rings. The second-order valence-electron chi connectivity index (χ2n) is 15.5. The van der Waals surface area contributed by atoms with Gasteiger partial charge in [0.1, 0.15) is 29.3 Å². The van der Waals surface area contributed by atoms with Crippen molar-refractivity contribution in [1.82, 2.24) is 30.2 Å². The average molecular weight is 747 g/mol. The summed E-state index contributed by atoms with van der Waals surface area (Å²) in [5.41, 5.74) is -1.83. The number of pyridine rings is 2. The number of carbonyl (C=O) groups excluding carboxylic acids is 4. The number of amides is 4. The quantitative estimate of drug-likeness (QED) is 0.246. The van der Waals surface area contributed by atoms with Crippen LogP contribution in [0.1, 0.15) is 78.6 Å². The van der Waals surface area contributed by atoms with Gasteiger partial charge in [0, 0.05) is 29.3 Å². The first-order chi connectivity index (χ1) is 25.2. The highest BCUT2D eigenvalue weighted by Crippen LogP contribution is 2.46. The van der Waals surface area contributed by atoms with Gasteiger partial charge in [0.05, 0.1) is 11.8 Å². The Kier molecular flexibility index (Phi) is 9.81. The number of sulfonamides is 1. The average Bonchev–Trinajstić information content (AvgIpc) is 4.03. The second kappa shape index (κ2) is 14.2. The maximum Gasteiger partial charge on any atom is 0.408 e. The molecular weight excluding hydrogens is 701 g/mol. The maximum atomic E-state index is 14.5. The molecule has 0 unspecified atom stereocenters. The van der Waals surface area contributed by atoms with Crippen molar-refractivity contribution in [3.05, 3.63) is 54.7 Å². The summed E-state index contributed by atoms with van der Waals surface area (Å²) >= 11 is 0. The van der Waals surface area contributed by atoms with Crippen molar-refractivity contribution >= 4 is 55.6 Å². The van der Waals surface area contributed by atoms with Crippen LogP contribution in [-0.2, 0) is 29.1 Å². The van der Waals surface area contributed by atoms with E-state index in [2.05, 4.69) is 20.3 Å². The summed E-state index contributed by atoms with van der Waals surface area (Å²) in [5, 5.41) is 7.47. The summed E-state index contributed by atoms with van der Waals surface area (Å²) in [6, 6.07) is 9.26. The van der Waals surface area contributed by atoms with Crippen LogP contribution in [0.3, 0.4) is 0 Å². The highest BCUT2D eigenvalue weighted by molar-refractivity contribution is 7.91. The molecule has 2 aliphatic carbocycles. The minimum Gasteiger partial charge on any atom is -0.472 e. The van der Waals surface area contributed by atoms with Gasteiger partial charge in [0.2, 0.25) is 27.7 Å². The van der Waals surface area contributed by atoms with Gasteiger partial charge in [-0.2, -0.15) is 4.98 Å². The van der Waals surface area contributed by atoms with Crippen LogP contribution in [0, 0.1) is 5.92 Å². The fourth-order valence-electron chi connectivity index (χ4n) is 7.30. The lowest BCUT2D eigenvalue weighted by Crippen LogP contribution is -2.58. The zero-order chi connectivity index (χ0) is 37.5. The molecule has 4 aliphatic rings. The van der Waals surface area contributed by atoms with E-state index in [1.165, 1.54) is 4.90 Å². The van der Waals surface area contributed by atoms with Gasteiger partial charge in [-0.25, -0.2) is 18.2 Å². The van der Waals surface area contributed by atoms with Crippen molar-refractivity contribution in [3.8, 4) is 5.88 Å². The van der Waals surface area contributed by atoms with E-state index in [0.717, 1.165) is 29.0 Å². The van der Waals surface area contributed by atoms with Crippen LogP contribution in [0.4, 0.5) is 4.79 Å². The van der Waals surface area contributed by atoms with E-state index < -0.39 is 74.3 Å². The van der Waals surface area contributed by atoms with Gasteiger partial charge in [0.25, 0.3) is 5.91 Å². The van der Waals surface area contributed by atoms with E-state index in [1.807, 2.05) is 48.6 Å². The zero-order valence-electron chi connectivity index (χ0n) is 30.2. The number of carbonyl (C=O) groups is 4. The number of hydrogen-bond acceptors (Lipinski definition) is 10. The Morgan fingerprint density at radius 1 is 1.00 bits per heavy atom. The topological polar surface area (TPSA) is 186 Å². The van der Waals surface area contributed by atoms with Gasteiger partial charge >= 0.3 is 6.09 Å². The van der Waals surface area contributed by atoms with Crippen molar-refractivity contribution in [2.75, 3.05) is 6.54 Å². The normalized spacial score (nSPS) is 27.4. The number of rotatable bonds is 6. The monoisotopic (exact) mass is 746 g/mol. The Labute approximate surface area is 308 Å². The van der Waals surface area contributed by atoms with Gasteiger partial charge in [-0.05, 0) is 82.9 Å². The lowest BCUT2D eigenvalue weighted by Gasteiger charge is -2.30. The number of hydrogen-bond donors (Lipinski definition) is 3. The lowest BCUT2D eigenvalue weighted by atomic mass is 10.0. The molecule has 0 bridgehead atoms. The first-order valence-corrected chi connectivity index (χ1v) is 19.9. The Morgan fingerprint density at radius 2 is 1.75 bits per heavy atom. The minimum absolute atomic E-state index is 0.0156. The number of allylic oxidation sites excluding steroid dienone is 1. The SMILES string of the molecule is CC(C)(C)OC(=O)N[C@H]1CCCCC/C=C\[C@@H]2C[C@@]2(C(=O)NS(=O)(=O)C2CC2)NC(=O)[C@@H]2C[C@@H](Oc3nc4ncccc4c4ccccc34)CN2C1=O. The molecule has 53 heavy (non-hydrogen) atoms. The second-order valence-corrected chi connectivity index (χ2v) is 17.5. The van der Waals surface area contributed by atoms with E-state index in [1.54, 1.807) is 27.0 Å². The van der Waals surface area contributed by atoms with Crippen LogP contribution in [0.15, 0.2) is 54.7 Å². The van der Waals surface area contributed by atoms with Gasteiger partial charge in [0.15, 0.2) is 5.65 Å². The van der Waals surface area contributed by atoms with Crippen LogP contribution >= 0.6 is 0 Å². The highest BCUT2D eigenvalue weighted by atomic mass is 32.2. The predicted octanol–water partition coefficient (Wildman–Crippen LogP) is 4.03. The molecule has 0 radical (unpaired) electrons. The molecule has 7 rings (SSSR count). The molecule has 3 N–H and O–H groups in total. The molecule has 4 amide bonds. The number of aromatic nitrogens is 2. The zero-order valence-corrected chi connectivity index (χ0v) is 31.0. The molecule has 1 aromatic carbocycles. The molecule has 2 saturated carbocycles. The summed E-state index contributed by atoms with van der Waals surface area (Å²) in [4.78, 5) is 66.1. The molecule has 5 atom stereocenters. The molecule has 2 aliphatic heterocycles. The molecule has 3 aromatic rings. The van der Waals surface area contributed by atoms with Gasteiger partial charge in [-0.1, -0.05) is 43.2 Å². The maximum absolute atomic E-state index is 14.5. The standard InChI is InChI=1S/C38H46N6O8S/c1-37(2,3)52-36(48)40-29-16-8-6-4-5-7-12-23-21-38(23,35(47)43-53(49,50)25-17-18-25)42-32(45)30-20-24(22-44(30)34(29)46)51-33-28-14-10-9-13-26(28)27-15-11-19-39-31(27)41-33/h7,9-15,19,23-25,29-30H,4-6,8,16-18,20-22H2,1-3H3,(H,40,48)(H,42,45)(H,43,47)/b12-7-/t23-,24-,29+,30+,38-/m1/s1. The largest absolute Gasteiger partial charge is 0.472 e. The number of benzene rings is 1. The van der Waals surface area contributed by atoms with E-state index in [0.29, 0.717) is 43.6 Å². The van der Waals surface area contributed by atoms with E-state index >= 15 is 0 Å². The number of ether oxygens (including phenoxy) is 2. The van der Waals surface area contributed by atoms with Gasteiger partial charge in [-0.15, -0.1) is 0 Å². The Balaban J connectivity index is 1.21. The number of fused-ring (bicyclic) bond motifs is 5. The van der Waals surface area contributed by atoms with Crippen LogP contribution in [0.2, 0.25) is 0 Å². The first kappa shape index (κ1) is 36.6. The van der Waals surface area contributed by atoms with Crippen molar-refractivity contribution in [1.29, 1.82) is 0 Å². The van der Waals surface area contributed by atoms with Crippen molar-refractivity contribution in [2.45, 2.75) is 113 Å². The minimum atomic E-state index is -3.89. The van der Waals surface area contributed by atoms with E-state index in [9.17, 15) is 27.6 Å². The molecular formula is C38H46N6O8S. The van der Waals surface area contributed by atoms with Crippen molar-refractivity contribution in [2.24, 2.45) is 5.92 Å². The summed E-state index contributed by atoms with van der Waals surface area (Å²) in [7, 11) is -3.89. The van der Waals surface area contributed by atoms with Gasteiger partial charge in [-0.3, -0.25) is 19.1 Å². The third-order valence-corrected chi connectivity index (χ3v) is 12.1. The Hall–Kier alpha value is -4.79. The summed E-state index contributed by atoms with van der Waals surface area (Å²) in [5.74, 6) is -2.03. The fourth-order valence-corrected chi connectivity index (χ4v) is 8.67. The molecule has 4 heterocycles. The van der Waals surface area contributed by atoms with Crippen LogP contribution in [-0.4, -0.2) is 88.2 Å². The van der Waals surface area contributed by atoms with Crippen molar-refractivity contribution < 1.29 is 37.1 Å². The molecule has 282 valence electrons. The van der Waals surface area contributed by atoms with Crippen LogP contribution in [0.5, 0.6) is 5.88 Å². The third kappa shape index (κ3) is 7.94. The Morgan fingerprint density at radius 3 is 2.51 bits per heavy atom. The lowest BCUT2D eigenvalue weighted by molar-refractivity contribution is -0.141. The third-order valence-electron chi connectivity index (χ3n) is 10.3. The summed E-state index contributed by atoms with van der Waals surface area (Å²) < 4.78 is 39.9.